The van der Waals surface area contributed by atoms with E-state index in [0.29, 0.717) is 42.5 Å². The fourth-order valence-corrected chi connectivity index (χ4v) is 4.54. The van der Waals surface area contributed by atoms with E-state index in [1.807, 2.05) is 18.2 Å². The molecule has 2 aromatic heterocycles. The highest BCUT2D eigenvalue weighted by atomic mass is 35.5. The van der Waals surface area contributed by atoms with Crippen molar-refractivity contribution in [3.8, 4) is 0 Å². The molecular formula is C19H20ClN5O2S. The van der Waals surface area contributed by atoms with Crippen molar-refractivity contribution in [1.82, 2.24) is 19.4 Å². The second-order valence-electron chi connectivity index (χ2n) is 6.84. The van der Waals surface area contributed by atoms with Crippen molar-refractivity contribution < 1.29 is 4.79 Å². The van der Waals surface area contributed by atoms with E-state index in [9.17, 15) is 9.59 Å². The minimum Gasteiger partial charge on any atom is -0.345 e. The predicted octanol–water partition coefficient (Wildman–Crippen LogP) is 2.47. The summed E-state index contributed by atoms with van der Waals surface area (Å²) in [5.74, 6) is -0.0702. The molecule has 0 unspecified atom stereocenters. The van der Waals surface area contributed by atoms with Gasteiger partial charge in [0.15, 0.2) is 5.13 Å². The summed E-state index contributed by atoms with van der Waals surface area (Å²) in [5.41, 5.74) is 1.93. The number of fused-ring (bicyclic) bond motifs is 1. The Bertz CT molecular complexity index is 1100. The van der Waals surface area contributed by atoms with Gasteiger partial charge in [-0.3, -0.25) is 14.2 Å². The third-order valence-corrected chi connectivity index (χ3v) is 6.47. The standard InChI is InChI=1S/C19H20ClN5O2S/c1-12-13(2)21-11-25(18(12)27)10-16(26)23-6-8-24(9-7-23)19-22-17-14(20)4-3-5-15(17)28-19/h3-5,11H,6-10H2,1-2H3. The molecule has 0 radical (unpaired) electrons. The first-order chi connectivity index (χ1) is 13.4. The van der Waals surface area contributed by atoms with Crippen LogP contribution in [0.5, 0.6) is 0 Å². The van der Waals surface area contributed by atoms with Crippen molar-refractivity contribution in [2.45, 2.75) is 20.4 Å². The molecule has 4 rings (SSSR count). The number of benzene rings is 1. The lowest BCUT2D eigenvalue weighted by Crippen LogP contribution is -2.50. The van der Waals surface area contributed by atoms with Crippen molar-refractivity contribution in [2.75, 3.05) is 31.1 Å². The maximum atomic E-state index is 12.6. The topological polar surface area (TPSA) is 71.3 Å². The largest absolute Gasteiger partial charge is 0.345 e. The van der Waals surface area contributed by atoms with Crippen molar-refractivity contribution in [3.63, 3.8) is 0 Å². The van der Waals surface area contributed by atoms with Gasteiger partial charge in [0.25, 0.3) is 5.56 Å². The van der Waals surface area contributed by atoms with E-state index >= 15 is 0 Å². The molecule has 9 heteroatoms. The molecule has 146 valence electrons. The van der Waals surface area contributed by atoms with Gasteiger partial charge in [-0.15, -0.1) is 0 Å². The summed E-state index contributed by atoms with van der Waals surface area (Å²) in [6.45, 7) is 6.12. The Morgan fingerprint density at radius 3 is 2.68 bits per heavy atom. The number of amides is 1. The molecule has 0 N–H and O–H groups in total. The number of piperazine rings is 1. The molecule has 28 heavy (non-hydrogen) atoms. The summed E-state index contributed by atoms with van der Waals surface area (Å²) in [7, 11) is 0. The third-order valence-electron chi connectivity index (χ3n) is 5.08. The summed E-state index contributed by atoms with van der Waals surface area (Å²) >= 11 is 7.83. The van der Waals surface area contributed by atoms with Gasteiger partial charge in [-0.25, -0.2) is 9.97 Å². The average Bonchev–Trinajstić information content (AvgIpc) is 3.14. The van der Waals surface area contributed by atoms with E-state index < -0.39 is 0 Å². The Labute approximate surface area is 171 Å². The predicted molar refractivity (Wildman–Crippen MR) is 111 cm³/mol. The fourth-order valence-electron chi connectivity index (χ4n) is 3.22. The van der Waals surface area contributed by atoms with Crippen molar-refractivity contribution in [1.29, 1.82) is 0 Å². The van der Waals surface area contributed by atoms with Crippen LogP contribution >= 0.6 is 22.9 Å². The minimum absolute atomic E-state index is 0.0176. The minimum atomic E-state index is -0.161. The lowest BCUT2D eigenvalue weighted by molar-refractivity contribution is -0.132. The maximum absolute atomic E-state index is 12.6. The highest BCUT2D eigenvalue weighted by Crippen LogP contribution is 2.33. The van der Waals surface area contributed by atoms with Crippen LogP contribution in [0.15, 0.2) is 29.3 Å². The molecule has 1 saturated heterocycles. The quantitative estimate of drug-likeness (QED) is 0.654. The van der Waals surface area contributed by atoms with Crippen molar-refractivity contribution >= 4 is 44.2 Å². The van der Waals surface area contributed by atoms with Crippen LogP contribution in [0.1, 0.15) is 11.3 Å². The van der Waals surface area contributed by atoms with E-state index in [0.717, 1.165) is 15.3 Å². The van der Waals surface area contributed by atoms with Gasteiger partial charge in [0.1, 0.15) is 12.1 Å². The zero-order chi connectivity index (χ0) is 19.8. The van der Waals surface area contributed by atoms with Crippen LogP contribution < -0.4 is 10.5 Å². The Morgan fingerprint density at radius 1 is 1.21 bits per heavy atom. The summed E-state index contributed by atoms with van der Waals surface area (Å²) in [6.07, 6.45) is 1.45. The zero-order valence-electron chi connectivity index (χ0n) is 15.7. The van der Waals surface area contributed by atoms with Crippen LogP contribution in [0.25, 0.3) is 10.2 Å². The highest BCUT2D eigenvalue weighted by molar-refractivity contribution is 7.22. The van der Waals surface area contributed by atoms with Crippen LogP contribution in [-0.4, -0.2) is 51.5 Å². The number of anilines is 1. The second kappa shape index (κ2) is 7.52. The van der Waals surface area contributed by atoms with E-state index in [4.69, 9.17) is 11.6 Å². The van der Waals surface area contributed by atoms with Crippen molar-refractivity contribution in [3.05, 3.63) is 51.2 Å². The van der Waals surface area contributed by atoms with Gasteiger partial charge in [-0.05, 0) is 26.0 Å². The van der Waals surface area contributed by atoms with Crippen LogP contribution in [0.3, 0.4) is 0 Å². The first kappa shape index (κ1) is 18.9. The van der Waals surface area contributed by atoms with E-state index in [1.54, 1.807) is 30.1 Å². The molecule has 0 bridgehead atoms. The summed E-state index contributed by atoms with van der Waals surface area (Å²) < 4.78 is 2.44. The summed E-state index contributed by atoms with van der Waals surface area (Å²) in [4.78, 5) is 37.7. The lowest BCUT2D eigenvalue weighted by atomic mass is 10.2. The smallest absolute Gasteiger partial charge is 0.256 e. The number of aryl methyl sites for hydroxylation is 1. The molecular weight excluding hydrogens is 398 g/mol. The highest BCUT2D eigenvalue weighted by Gasteiger charge is 2.24. The molecule has 1 aliphatic heterocycles. The van der Waals surface area contributed by atoms with E-state index in [2.05, 4.69) is 14.9 Å². The molecule has 3 heterocycles. The molecule has 0 atom stereocenters. The third kappa shape index (κ3) is 3.49. The van der Waals surface area contributed by atoms with E-state index in [1.165, 1.54) is 10.9 Å². The number of carbonyl (C=O) groups is 1. The number of halogens is 1. The first-order valence-corrected chi connectivity index (χ1v) is 10.2. The Hall–Kier alpha value is -2.45. The first-order valence-electron chi connectivity index (χ1n) is 9.04. The van der Waals surface area contributed by atoms with Gasteiger partial charge in [-0.1, -0.05) is 29.0 Å². The van der Waals surface area contributed by atoms with Crippen LogP contribution in [-0.2, 0) is 11.3 Å². The molecule has 7 nitrogen and oxygen atoms in total. The molecule has 1 amide bonds. The maximum Gasteiger partial charge on any atom is 0.256 e. The number of nitrogens with zero attached hydrogens (tertiary/aromatic N) is 5. The number of rotatable bonds is 3. The number of hydrogen-bond acceptors (Lipinski definition) is 6. The second-order valence-corrected chi connectivity index (χ2v) is 8.26. The van der Waals surface area contributed by atoms with Gasteiger partial charge in [0.05, 0.1) is 16.0 Å². The van der Waals surface area contributed by atoms with Gasteiger partial charge < -0.3 is 9.80 Å². The normalized spacial score (nSPS) is 14.7. The monoisotopic (exact) mass is 417 g/mol. The Morgan fingerprint density at radius 2 is 1.96 bits per heavy atom. The molecule has 0 spiro atoms. The van der Waals surface area contributed by atoms with Crippen LogP contribution in [0.2, 0.25) is 5.02 Å². The summed E-state index contributed by atoms with van der Waals surface area (Å²) in [5, 5.41) is 1.58. The number of aromatic nitrogens is 3. The molecule has 0 aliphatic carbocycles. The number of thiazole rings is 1. The Balaban J connectivity index is 1.42. The summed E-state index contributed by atoms with van der Waals surface area (Å²) in [6, 6.07) is 5.78. The number of carbonyl (C=O) groups excluding carboxylic acids is 1. The Kier molecular flexibility index (Phi) is 5.07. The van der Waals surface area contributed by atoms with Crippen LogP contribution in [0.4, 0.5) is 5.13 Å². The van der Waals surface area contributed by atoms with Gasteiger partial charge in [-0.2, -0.15) is 0 Å². The van der Waals surface area contributed by atoms with Crippen molar-refractivity contribution in [2.24, 2.45) is 0 Å². The molecule has 0 saturated carbocycles. The number of hydrogen-bond donors (Lipinski definition) is 0. The SMILES string of the molecule is Cc1ncn(CC(=O)N2CCN(c3nc4c(Cl)cccc4s3)CC2)c(=O)c1C. The van der Waals surface area contributed by atoms with E-state index in [-0.39, 0.29) is 18.0 Å². The lowest BCUT2D eigenvalue weighted by Gasteiger charge is -2.34. The molecule has 1 aliphatic rings. The van der Waals surface area contributed by atoms with Gasteiger partial charge in [0.2, 0.25) is 5.91 Å². The number of para-hydroxylation sites is 1. The molecule has 1 aromatic carbocycles. The fraction of sp³-hybridized carbons (Fsp3) is 0.368. The van der Waals surface area contributed by atoms with Gasteiger partial charge in [0, 0.05) is 37.4 Å². The average molecular weight is 418 g/mol. The van der Waals surface area contributed by atoms with Crippen LogP contribution in [0, 0.1) is 13.8 Å². The molecule has 3 aromatic rings. The molecule has 1 fully saturated rings. The zero-order valence-corrected chi connectivity index (χ0v) is 17.3. The van der Waals surface area contributed by atoms with Gasteiger partial charge >= 0.3 is 0 Å².